The van der Waals surface area contributed by atoms with Gasteiger partial charge in [-0.15, -0.1) is 0 Å². The van der Waals surface area contributed by atoms with Crippen molar-refractivity contribution in [1.29, 1.82) is 0 Å². The molecular weight excluding hydrogens is 343 g/mol. The standard InChI is InChI=1S/C20H18O3S.Na/c1-2-14(21)12-16(13-8-4-3-5-9-13)18-19(22)15-10-6-7-11-17(15)24-20(18)23;/h3-11,16,23H,2,12H2,1H3;/q;+1/p-1. The van der Waals surface area contributed by atoms with Gasteiger partial charge in [-0.1, -0.05) is 49.4 Å². The van der Waals surface area contributed by atoms with Crippen molar-refractivity contribution in [3.05, 3.63) is 75.9 Å². The number of Topliss-reactive ketones (excluding diaryl/α,β-unsaturated/α-hetero) is 1. The third-order valence-electron chi connectivity index (χ3n) is 4.18. The number of rotatable bonds is 5. The minimum absolute atomic E-state index is 0. The fraction of sp³-hybridized carbons (Fsp3) is 0.200. The molecule has 3 aromatic rings. The summed E-state index contributed by atoms with van der Waals surface area (Å²) in [5.74, 6) is -0.444. The number of fused-ring (bicyclic) bond motifs is 1. The summed E-state index contributed by atoms with van der Waals surface area (Å²) >= 11 is 1.07. The van der Waals surface area contributed by atoms with Gasteiger partial charge in [-0.2, -0.15) is 11.3 Å². The van der Waals surface area contributed by atoms with E-state index in [2.05, 4.69) is 0 Å². The van der Waals surface area contributed by atoms with E-state index in [1.165, 1.54) is 0 Å². The average Bonchev–Trinajstić information content (AvgIpc) is 2.61. The molecule has 3 nitrogen and oxygen atoms in total. The topological polar surface area (TPSA) is 57.2 Å². The maximum Gasteiger partial charge on any atom is 1.00 e. The maximum atomic E-state index is 12.9. The van der Waals surface area contributed by atoms with E-state index in [1.54, 1.807) is 25.1 Å². The summed E-state index contributed by atoms with van der Waals surface area (Å²) in [5, 5.41) is 12.9. The van der Waals surface area contributed by atoms with Crippen molar-refractivity contribution < 1.29 is 39.5 Å². The first-order chi connectivity index (χ1) is 11.6. The molecule has 0 spiro atoms. The predicted octanol–water partition coefficient (Wildman–Crippen LogP) is 0.840. The first-order valence-corrected chi connectivity index (χ1v) is 8.72. The van der Waals surface area contributed by atoms with E-state index in [9.17, 15) is 14.7 Å². The number of carbonyl (C=O) groups is 1. The van der Waals surface area contributed by atoms with Gasteiger partial charge in [0.2, 0.25) is 0 Å². The van der Waals surface area contributed by atoms with Crippen LogP contribution in [0.4, 0.5) is 0 Å². The van der Waals surface area contributed by atoms with E-state index in [1.807, 2.05) is 36.4 Å². The van der Waals surface area contributed by atoms with Crippen LogP contribution in [0.15, 0.2) is 59.4 Å². The van der Waals surface area contributed by atoms with E-state index in [0.717, 1.165) is 16.9 Å². The second-order valence-corrected chi connectivity index (χ2v) is 6.70. The fourth-order valence-corrected chi connectivity index (χ4v) is 3.84. The van der Waals surface area contributed by atoms with Gasteiger partial charge in [-0.3, -0.25) is 9.59 Å². The fourth-order valence-electron chi connectivity index (χ4n) is 2.88. The van der Waals surface area contributed by atoms with Crippen LogP contribution >= 0.6 is 11.3 Å². The van der Waals surface area contributed by atoms with Crippen molar-refractivity contribution in [1.82, 2.24) is 0 Å². The van der Waals surface area contributed by atoms with Gasteiger partial charge in [-0.25, -0.2) is 0 Å². The molecule has 25 heavy (non-hydrogen) atoms. The van der Waals surface area contributed by atoms with E-state index in [4.69, 9.17) is 0 Å². The number of hydrogen-bond donors (Lipinski definition) is 0. The molecule has 0 amide bonds. The van der Waals surface area contributed by atoms with Gasteiger partial charge in [0.05, 0.1) is 0 Å². The van der Waals surface area contributed by atoms with Crippen molar-refractivity contribution in [3.63, 3.8) is 0 Å². The Morgan fingerprint density at radius 2 is 1.72 bits per heavy atom. The molecule has 2 aromatic carbocycles. The first-order valence-electron chi connectivity index (χ1n) is 7.91. The number of hydrogen-bond acceptors (Lipinski definition) is 4. The molecule has 0 fully saturated rings. The maximum absolute atomic E-state index is 12.9. The molecule has 0 aliphatic heterocycles. The van der Waals surface area contributed by atoms with Gasteiger partial charge in [-0.05, 0) is 22.8 Å². The largest absolute Gasteiger partial charge is 1.00 e. The van der Waals surface area contributed by atoms with Gasteiger partial charge in [0.15, 0.2) is 5.43 Å². The quantitative estimate of drug-likeness (QED) is 0.634. The summed E-state index contributed by atoms with van der Waals surface area (Å²) in [6.45, 7) is 1.80. The Morgan fingerprint density at radius 1 is 1.08 bits per heavy atom. The van der Waals surface area contributed by atoms with E-state index >= 15 is 0 Å². The van der Waals surface area contributed by atoms with E-state index < -0.39 is 5.92 Å². The third kappa shape index (κ3) is 4.21. The molecule has 1 unspecified atom stereocenters. The zero-order valence-electron chi connectivity index (χ0n) is 14.3. The van der Waals surface area contributed by atoms with Gasteiger partial charge in [0.25, 0.3) is 0 Å². The van der Waals surface area contributed by atoms with E-state index in [0.29, 0.717) is 16.5 Å². The van der Waals surface area contributed by atoms with Crippen LogP contribution in [0.5, 0.6) is 5.06 Å². The molecule has 0 radical (unpaired) electrons. The number of carbonyl (C=O) groups excluding carboxylic acids is 1. The molecule has 1 heterocycles. The summed E-state index contributed by atoms with van der Waals surface area (Å²) in [6, 6.07) is 16.4. The molecule has 0 saturated heterocycles. The Balaban J connectivity index is 0.00000225. The van der Waals surface area contributed by atoms with Crippen LogP contribution in [-0.2, 0) is 4.79 Å². The Hall–Kier alpha value is -1.46. The normalized spacial score (nSPS) is 11.7. The molecule has 0 aliphatic rings. The number of ketones is 1. The Kier molecular flexibility index (Phi) is 6.96. The second-order valence-electron chi connectivity index (χ2n) is 5.69. The average molecular weight is 360 g/mol. The van der Waals surface area contributed by atoms with Crippen molar-refractivity contribution >= 4 is 27.2 Å². The first kappa shape index (κ1) is 19.9. The Bertz CT molecular complexity index is 935. The molecule has 0 aliphatic carbocycles. The summed E-state index contributed by atoms with van der Waals surface area (Å²) in [6.07, 6.45) is 0.568. The minimum atomic E-state index is -0.487. The molecule has 5 heteroatoms. The SMILES string of the molecule is CCC(=O)CC(c1ccccc1)c1c([O-])sc2ccccc2c1=O.[Na+]. The summed E-state index contributed by atoms with van der Waals surface area (Å²) in [5.41, 5.74) is 0.787. The van der Waals surface area contributed by atoms with Gasteiger partial charge in [0.1, 0.15) is 5.78 Å². The molecule has 0 bridgehead atoms. The van der Waals surface area contributed by atoms with Crippen LogP contribution in [0.3, 0.4) is 0 Å². The van der Waals surface area contributed by atoms with Gasteiger partial charge in [0, 0.05) is 34.4 Å². The van der Waals surface area contributed by atoms with Crippen molar-refractivity contribution in [3.8, 4) is 5.06 Å². The third-order valence-corrected chi connectivity index (χ3v) is 5.16. The van der Waals surface area contributed by atoms with Gasteiger partial charge >= 0.3 is 29.6 Å². The molecule has 1 atom stereocenters. The molecule has 0 N–H and O–H groups in total. The second kappa shape index (κ2) is 8.77. The monoisotopic (exact) mass is 360 g/mol. The number of benzene rings is 2. The van der Waals surface area contributed by atoms with E-state index in [-0.39, 0.29) is 57.8 Å². The van der Waals surface area contributed by atoms with Crippen molar-refractivity contribution in [2.75, 3.05) is 0 Å². The molecule has 122 valence electrons. The minimum Gasteiger partial charge on any atom is -0.865 e. The zero-order chi connectivity index (χ0) is 17.1. The molecule has 1 aromatic heterocycles. The van der Waals surface area contributed by atoms with Crippen LogP contribution in [0.1, 0.15) is 36.8 Å². The smallest absolute Gasteiger partial charge is 0.865 e. The van der Waals surface area contributed by atoms with Crippen LogP contribution < -0.4 is 40.1 Å². The Morgan fingerprint density at radius 3 is 2.40 bits per heavy atom. The zero-order valence-corrected chi connectivity index (χ0v) is 17.1. The summed E-state index contributed by atoms with van der Waals surface area (Å²) in [7, 11) is 0. The predicted molar refractivity (Wildman–Crippen MR) is 95.7 cm³/mol. The van der Waals surface area contributed by atoms with Gasteiger partial charge < -0.3 is 5.11 Å². The van der Waals surface area contributed by atoms with Crippen LogP contribution in [0, 0.1) is 0 Å². The molecule has 0 saturated carbocycles. The van der Waals surface area contributed by atoms with Crippen molar-refractivity contribution in [2.45, 2.75) is 25.7 Å². The van der Waals surface area contributed by atoms with Crippen LogP contribution in [0.2, 0.25) is 0 Å². The summed E-state index contributed by atoms with van der Waals surface area (Å²) < 4.78 is 0.685. The summed E-state index contributed by atoms with van der Waals surface area (Å²) in [4.78, 5) is 25.0. The van der Waals surface area contributed by atoms with Crippen LogP contribution in [-0.4, -0.2) is 5.78 Å². The molecular formula is C20H17NaO3S. The molecule has 3 rings (SSSR count). The Labute approximate surface area is 172 Å². The van der Waals surface area contributed by atoms with Crippen LogP contribution in [0.25, 0.3) is 10.1 Å². The van der Waals surface area contributed by atoms with Crippen molar-refractivity contribution in [2.24, 2.45) is 0 Å².